The van der Waals surface area contributed by atoms with Crippen molar-refractivity contribution in [2.45, 2.75) is 26.3 Å². The number of rotatable bonds is 6. The topological polar surface area (TPSA) is 41.6 Å². The van der Waals surface area contributed by atoms with Crippen LogP contribution in [-0.4, -0.2) is 23.9 Å². The fourth-order valence-corrected chi connectivity index (χ4v) is 4.13. The molecule has 0 aliphatic carbocycles. The molecule has 0 unspecified atom stereocenters. The molecule has 1 fully saturated rings. The van der Waals surface area contributed by atoms with Crippen molar-refractivity contribution in [2.24, 2.45) is 5.92 Å². The quantitative estimate of drug-likeness (QED) is 0.495. The van der Waals surface area contributed by atoms with Crippen LogP contribution in [0.25, 0.3) is 0 Å². The van der Waals surface area contributed by atoms with E-state index in [1.165, 1.54) is 11.1 Å². The second-order valence-electron chi connectivity index (χ2n) is 8.08. The van der Waals surface area contributed by atoms with E-state index in [0.29, 0.717) is 22.2 Å². The van der Waals surface area contributed by atoms with E-state index in [4.69, 9.17) is 16.3 Å². The average molecular weight is 435 g/mol. The lowest BCUT2D eigenvalue weighted by molar-refractivity contribution is -0.121. The van der Waals surface area contributed by atoms with Crippen molar-refractivity contribution in [1.29, 1.82) is 0 Å². The van der Waals surface area contributed by atoms with Gasteiger partial charge in [0, 0.05) is 17.5 Å². The van der Waals surface area contributed by atoms with E-state index < -0.39 is 0 Å². The molecular formula is C26H27ClN2O2. The molecule has 0 saturated carbocycles. The zero-order valence-corrected chi connectivity index (χ0v) is 18.4. The van der Waals surface area contributed by atoms with Gasteiger partial charge in [-0.25, -0.2) is 0 Å². The summed E-state index contributed by atoms with van der Waals surface area (Å²) >= 11 is 6.18. The number of para-hydroxylation sites is 1. The van der Waals surface area contributed by atoms with Crippen molar-refractivity contribution < 1.29 is 9.53 Å². The smallest absolute Gasteiger partial charge is 0.227 e. The minimum absolute atomic E-state index is 0.0164. The lowest BCUT2D eigenvalue weighted by Gasteiger charge is -2.31. The highest BCUT2D eigenvalue weighted by atomic mass is 35.5. The highest BCUT2D eigenvalue weighted by Gasteiger charge is 2.26. The van der Waals surface area contributed by atoms with Gasteiger partial charge < -0.3 is 10.1 Å². The number of benzene rings is 3. The zero-order valence-electron chi connectivity index (χ0n) is 17.7. The highest BCUT2D eigenvalue weighted by Crippen LogP contribution is 2.33. The van der Waals surface area contributed by atoms with Crippen molar-refractivity contribution >= 4 is 23.2 Å². The Morgan fingerprint density at radius 3 is 2.55 bits per heavy atom. The molecule has 1 amide bonds. The number of ether oxygens (including phenoxy) is 1. The van der Waals surface area contributed by atoms with Gasteiger partial charge in [-0.3, -0.25) is 9.69 Å². The molecule has 3 aromatic rings. The number of carbonyl (C=O) groups is 1. The number of amides is 1. The first kappa shape index (κ1) is 21.4. The predicted molar refractivity (Wildman–Crippen MR) is 126 cm³/mol. The van der Waals surface area contributed by atoms with E-state index in [2.05, 4.69) is 41.4 Å². The first-order valence-corrected chi connectivity index (χ1v) is 11.1. The molecule has 4 rings (SSSR count). The molecule has 3 aromatic carbocycles. The first-order valence-electron chi connectivity index (χ1n) is 10.7. The monoisotopic (exact) mass is 434 g/mol. The molecule has 0 atom stereocenters. The van der Waals surface area contributed by atoms with Gasteiger partial charge in [0.05, 0.1) is 5.69 Å². The van der Waals surface area contributed by atoms with Crippen LogP contribution in [0.4, 0.5) is 5.69 Å². The average Bonchev–Trinajstić information content (AvgIpc) is 2.77. The summed E-state index contributed by atoms with van der Waals surface area (Å²) in [4.78, 5) is 15.4. The van der Waals surface area contributed by atoms with Gasteiger partial charge in [-0.05, 0) is 68.8 Å². The Hall–Kier alpha value is -2.82. The summed E-state index contributed by atoms with van der Waals surface area (Å²) in [6, 6.07) is 23.4. The minimum atomic E-state index is -0.0164. The number of carbonyl (C=O) groups excluding carboxylic acids is 1. The second kappa shape index (κ2) is 9.99. The van der Waals surface area contributed by atoms with Crippen molar-refractivity contribution in [2.75, 3.05) is 18.4 Å². The SMILES string of the molecule is Cc1cccc(CN2CCC(C(=O)Nc3cc(Cl)ccc3Oc3ccccc3)CC2)c1. The van der Waals surface area contributed by atoms with Gasteiger partial charge in [0.15, 0.2) is 5.75 Å². The Bertz CT molecular complexity index is 1030. The number of aryl methyl sites for hydroxylation is 1. The van der Waals surface area contributed by atoms with Gasteiger partial charge in [0.2, 0.25) is 5.91 Å². The summed E-state index contributed by atoms with van der Waals surface area (Å²) in [5, 5.41) is 3.61. The Kier molecular flexibility index (Phi) is 6.90. The number of halogens is 1. The largest absolute Gasteiger partial charge is 0.455 e. The number of nitrogens with zero attached hydrogens (tertiary/aromatic N) is 1. The number of likely N-dealkylation sites (tertiary alicyclic amines) is 1. The molecule has 1 aliphatic rings. The van der Waals surface area contributed by atoms with Crippen LogP contribution in [0.15, 0.2) is 72.8 Å². The number of hydrogen-bond acceptors (Lipinski definition) is 3. The third kappa shape index (κ3) is 5.87. The lowest BCUT2D eigenvalue weighted by Crippen LogP contribution is -2.37. The molecule has 0 radical (unpaired) electrons. The molecule has 0 aromatic heterocycles. The van der Waals surface area contributed by atoms with Gasteiger partial charge in [0.1, 0.15) is 5.75 Å². The van der Waals surface area contributed by atoms with Gasteiger partial charge in [-0.15, -0.1) is 0 Å². The lowest BCUT2D eigenvalue weighted by atomic mass is 9.95. The maximum Gasteiger partial charge on any atom is 0.227 e. The second-order valence-corrected chi connectivity index (χ2v) is 8.52. The minimum Gasteiger partial charge on any atom is -0.455 e. The summed E-state index contributed by atoms with van der Waals surface area (Å²) in [6.07, 6.45) is 1.68. The molecule has 0 bridgehead atoms. The van der Waals surface area contributed by atoms with Crippen LogP contribution in [0.1, 0.15) is 24.0 Å². The van der Waals surface area contributed by atoms with E-state index in [9.17, 15) is 4.79 Å². The standard InChI is InChI=1S/C26H27ClN2O2/c1-19-6-5-7-20(16-19)18-29-14-12-21(13-15-29)26(30)28-24-17-22(27)10-11-25(24)31-23-8-3-2-4-9-23/h2-11,16-17,21H,12-15,18H2,1H3,(H,28,30). The molecule has 0 spiro atoms. The Labute approximate surface area is 188 Å². The van der Waals surface area contributed by atoms with Crippen LogP contribution in [-0.2, 0) is 11.3 Å². The molecule has 1 N–H and O–H groups in total. The summed E-state index contributed by atoms with van der Waals surface area (Å²) in [6.45, 7) is 4.87. The number of nitrogens with one attached hydrogen (secondary N) is 1. The maximum absolute atomic E-state index is 13.0. The van der Waals surface area contributed by atoms with Gasteiger partial charge in [0.25, 0.3) is 0 Å². The van der Waals surface area contributed by atoms with E-state index in [-0.39, 0.29) is 11.8 Å². The number of piperidine rings is 1. The van der Waals surface area contributed by atoms with Crippen molar-refractivity contribution in [3.8, 4) is 11.5 Å². The van der Waals surface area contributed by atoms with Gasteiger partial charge >= 0.3 is 0 Å². The Morgan fingerprint density at radius 2 is 1.81 bits per heavy atom. The zero-order chi connectivity index (χ0) is 21.6. The van der Waals surface area contributed by atoms with Crippen molar-refractivity contribution in [3.63, 3.8) is 0 Å². The summed E-state index contributed by atoms with van der Waals surface area (Å²) < 4.78 is 5.96. The highest BCUT2D eigenvalue weighted by molar-refractivity contribution is 6.31. The fourth-order valence-electron chi connectivity index (χ4n) is 3.96. The molecule has 5 heteroatoms. The first-order chi connectivity index (χ1) is 15.1. The molecule has 1 aliphatic heterocycles. The summed E-state index contributed by atoms with van der Waals surface area (Å²) in [7, 11) is 0. The molecule has 1 saturated heterocycles. The summed E-state index contributed by atoms with van der Waals surface area (Å²) in [5.41, 5.74) is 3.20. The van der Waals surface area contributed by atoms with Crippen molar-refractivity contribution in [3.05, 3.63) is 88.9 Å². The van der Waals surface area contributed by atoms with Crippen LogP contribution in [0.5, 0.6) is 11.5 Å². The van der Waals surface area contributed by atoms with Crippen LogP contribution in [0, 0.1) is 12.8 Å². The Morgan fingerprint density at radius 1 is 1.03 bits per heavy atom. The molecular weight excluding hydrogens is 408 g/mol. The maximum atomic E-state index is 13.0. The molecule has 1 heterocycles. The summed E-state index contributed by atoms with van der Waals surface area (Å²) in [5.74, 6) is 1.30. The van der Waals surface area contributed by atoms with Crippen LogP contribution >= 0.6 is 11.6 Å². The van der Waals surface area contributed by atoms with Crippen LogP contribution in [0.3, 0.4) is 0 Å². The molecule has 160 valence electrons. The van der Waals surface area contributed by atoms with Gasteiger partial charge in [-0.2, -0.15) is 0 Å². The van der Waals surface area contributed by atoms with E-state index in [1.807, 2.05) is 30.3 Å². The van der Waals surface area contributed by atoms with E-state index in [1.54, 1.807) is 18.2 Å². The Balaban J connectivity index is 1.36. The predicted octanol–water partition coefficient (Wildman–Crippen LogP) is 6.29. The fraction of sp³-hybridized carbons (Fsp3) is 0.269. The van der Waals surface area contributed by atoms with E-state index >= 15 is 0 Å². The normalized spacial score (nSPS) is 14.9. The van der Waals surface area contributed by atoms with Crippen molar-refractivity contribution in [1.82, 2.24) is 4.90 Å². The van der Waals surface area contributed by atoms with Gasteiger partial charge in [-0.1, -0.05) is 59.6 Å². The van der Waals surface area contributed by atoms with Crippen LogP contribution in [0.2, 0.25) is 5.02 Å². The van der Waals surface area contributed by atoms with Crippen LogP contribution < -0.4 is 10.1 Å². The third-order valence-corrected chi connectivity index (χ3v) is 5.85. The number of hydrogen-bond donors (Lipinski definition) is 1. The number of anilines is 1. The molecule has 31 heavy (non-hydrogen) atoms. The third-order valence-electron chi connectivity index (χ3n) is 5.62. The van der Waals surface area contributed by atoms with E-state index in [0.717, 1.165) is 32.5 Å². The molecule has 4 nitrogen and oxygen atoms in total.